The van der Waals surface area contributed by atoms with Crippen molar-refractivity contribution in [1.82, 2.24) is 4.90 Å². The number of rotatable bonds is 5. The monoisotopic (exact) mass is 261 g/mol. The van der Waals surface area contributed by atoms with Crippen LogP contribution in [0.2, 0.25) is 0 Å². The van der Waals surface area contributed by atoms with Gasteiger partial charge in [0.1, 0.15) is 0 Å². The number of primary amides is 1. The summed E-state index contributed by atoms with van der Waals surface area (Å²) in [4.78, 5) is 35.9. The van der Waals surface area contributed by atoms with Crippen LogP contribution in [-0.4, -0.2) is 29.2 Å². The van der Waals surface area contributed by atoms with E-state index in [0.29, 0.717) is 36.2 Å². The first kappa shape index (κ1) is 13.1. The van der Waals surface area contributed by atoms with Crippen molar-refractivity contribution in [2.75, 3.05) is 12.3 Å². The Morgan fingerprint density at radius 3 is 2.47 bits per heavy atom. The quantitative estimate of drug-likeness (QED) is 0.457. The molecule has 6 nitrogen and oxygen atoms in total. The van der Waals surface area contributed by atoms with E-state index in [1.54, 1.807) is 12.1 Å². The molecule has 4 N–H and O–H groups in total. The van der Waals surface area contributed by atoms with E-state index in [0.717, 1.165) is 0 Å². The molecule has 0 radical (unpaired) electrons. The molecule has 0 fully saturated rings. The summed E-state index contributed by atoms with van der Waals surface area (Å²) in [5.74, 6) is -1.01. The molecule has 0 spiro atoms. The molecule has 1 aromatic rings. The van der Waals surface area contributed by atoms with Crippen LogP contribution < -0.4 is 11.5 Å². The summed E-state index contributed by atoms with van der Waals surface area (Å²) in [6.45, 7) is 0.291. The maximum absolute atomic E-state index is 12.0. The van der Waals surface area contributed by atoms with E-state index in [4.69, 9.17) is 11.5 Å². The zero-order valence-electron chi connectivity index (χ0n) is 10.4. The number of unbranched alkanes of at least 4 members (excludes halogenated alkanes) is 1. The number of anilines is 1. The highest BCUT2D eigenvalue weighted by Crippen LogP contribution is 2.25. The fourth-order valence-corrected chi connectivity index (χ4v) is 2.08. The Bertz CT molecular complexity index is 554. The minimum absolute atomic E-state index is 0.260. The Labute approximate surface area is 110 Å². The number of fused-ring (bicyclic) bond motifs is 1. The van der Waals surface area contributed by atoms with E-state index < -0.39 is 0 Å². The van der Waals surface area contributed by atoms with Gasteiger partial charge in [0.15, 0.2) is 0 Å². The summed E-state index contributed by atoms with van der Waals surface area (Å²) in [5, 5.41) is 0. The fraction of sp³-hybridized carbons (Fsp3) is 0.308. The van der Waals surface area contributed by atoms with Crippen molar-refractivity contribution in [2.24, 2.45) is 5.73 Å². The third-order valence-corrected chi connectivity index (χ3v) is 3.05. The molecule has 0 aromatic heterocycles. The number of nitrogens with two attached hydrogens (primary N) is 2. The lowest BCUT2D eigenvalue weighted by atomic mass is 10.1. The van der Waals surface area contributed by atoms with Gasteiger partial charge in [0.2, 0.25) is 5.91 Å². The Balaban J connectivity index is 2.04. The maximum atomic E-state index is 12.0. The molecule has 0 saturated carbocycles. The summed E-state index contributed by atoms with van der Waals surface area (Å²) in [6, 6.07) is 4.67. The molecule has 0 aliphatic carbocycles. The summed E-state index contributed by atoms with van der Waals surface area (Å²) in [5.41, 5.74) is 11.8. The second-order valence-electron chi connectivity index (χ2n) is 4.49. The minimum Gasteiger partial charge on any atom is -0.399 e. The van der Waals surface area contributed by atoms with Gasteiger partial charge < -0.3 is 11.5 Å². The van der Waals surface area contributed by atoms with Gasteiger partial charge in [0.05, 0.1) is 11.1 Å². The van der Waals surface area contributed by atoms with Crippen molar-refractivity contribution in [2.45, 2.75) is 19.3 Å². The molecule has 19 heavy (non-hydrogen) atoms. The van der Waals surface area contributed by atoms with Crippen LogP contribution in [0, 0.1) is 0 Å². The van der Waals surface area contributed by atoms with Crippen molar-refractivity contribution in [3.05, 3.63) is 29.3 Å². The predicted molar refractivity (Wildman–Crippen MR) is 69.3 cm³/mol. The number of benzene rings is 1. The summed E-state index contributed by atoms with van der Waals surface area (Å²) >= 11 is 0. The van der Waals surface area contributed by atoms with Crippen LogP contribution in [0.15, 0.2) is 18.2 Å². The van der Waals surface area contributed by atoms with Gasteiger partial charge in [-0.05, 0) is 31.0 Å². The Morgan fingerprint density at radius 1 is 1.11 bits per heavy atom. The summed E-state index contributed by atoms with van der Waals surface area (Å²) in [7, 11) is 0. The second-order valence-corrected chi connectivity index (χ2v) is 4.49. The molecule has 2 rings (SSSR count). The molecular formula is C13H15N3O3. The molecule has 6 heteroatoms. The lowest BCUT2D eigenvalue weighted by Gasteiger charge is -2.12. The average Bonchev–Trinajstić information content (AvgIpc) is 2.58. The number of imide groups is 1. The van der Waals surface area contributed by atoms with E-state index >= 15 is 0 Å². The standard InChI is InChI=1S/C13H15N3O3/c14-8-4-5-9-10(7-8)13(19)16(12(9)18)6-2-1-3-11(15)17/h4-5,7H,1-3,6,14H2,(H2,15,17). The first-order valence-corrected chi connectivity index (χ1v) is 6.04. The predicted octanol–water partition coefficient (Wildman–Crippen LogP) is 0.520. The van der Waals surface area contributed by atoms with Crippen LogP contribution in [0.3, 0.4) is 0 Å². The third-order valence-electron chi connectivity index (χ3n) is 3.05. The van der Waals surface area contributed by atoms with Crippen molar-refractivity contribution in [3.63, 3.8) is 0 Å². The molecule has 3 amide bonds. The molecule has 1 aliphatic heterocycles. The SMILES string of the molecule is NC(=O)CCCCN1C(=O)c2ccc(N)cc2C1=O. The molecule has 1 aromatic carbocycles. The number of carbonyl (C=O) groups excluding carboxylic acids is 3. The highest BCUT2D eigenvalue weighted by Gasteiger charge is 2.34. The molecule has 100 valence electrons. The Kier molecular flexibility index (Phi) is 3.50. The van der Waals surface area contributed by atoms with Gasteiger partial charge in [0, 0.05) is 18.7 Å². The minimum atomic E-state index is -0.380. The molecule has 0 unspecified atom stereocenters. The van der Waals surface area contributed by atoms with Gasteiger partial charge in [0.25, 0.3) is 11.8 Å². The average molecular weight is 261 g/mol. The van der Waals surface area contributed by atoms with Crippen LogP contribution in [-0.2, 0) is 4.79 Å². The van der Waals surface area contributed by atoms with Crippen molar-refractivity contribution in [3.8, 4) is 0 Å². The zero-order chi connectivity index (χ0) is 14.0. The van der Waals surface area contributed by atoms with Crippen molar-refractivity contribution >= 4 is 23.4 Å². The number of carbonyl (C=O) groups is 3. The van der Waals surface area contributed by atoms with Gasteiger partial charge in [-0.2, -0.15) is 0 Å². The van der Waals surface area contributed by atoms with E-state index in [9.17, 15) is 14.4 Å². The zero-order valence-corrected chi connectivity index (χ0v) is 10.4. The highest BCUT2D eigenvalue weighted by molar-refractivity contribution is 6.21. The van der Waals surface area contributed by atoms with Gasteiger partial charge in [-0.25, -0.2) is 0 Å². The van der Waals surface area contributed by atoms with Gasteiger partial charge in [-0.1, -0.05) is 0 Å². The van der Waals surface area contributed by atoms with E-state index in [-0.39, 0.29) is 24.1 Å². The second kappa shape index (κ2) is 5.09. The summed E-state index contributed by atoms with van der Waals surface area (Å²) < 4.78 is 0. The number of nitrogen functional groups attached to an aromatic ring is 1. The first-order valence-electron chi connectivity index (χ1n) is 6.04. The van der Waals surface area contributed by atoms with Gasteiger partial charge in [-0.3, -0.25) is 19.3 Å². The number of hydrogen-bond donors (Lipinski definition) is 2. The highest BCUT2D eigenvalue weighted by atomic mass is 16.2. The smallest absolute Gasteiger partial charge is 0.261 e. The third kappa shape index (κ3) is 2.57. The number of nitrogens with zero attached hydrogens (tertiary/aromatic N) is 1. The van der Waals surface area contributed by atoms with Crippen LogP contribution in [0.1, 0.15) is 40.0 Å². The normalized spacial score (nSPS) is 13.8. The van der Waals surface area contributed by atoms with E-state index in [2.05, 4.69) is 0 Å². The molecule has 1 heterocycles. The van der Waals surface area contributed by atoms with Gasteiger partial charge >= 0.3 is 0 Å². The Hall–Kier alpha value is -2.37. The molecule has 0 bridgehead atoms. The first-order chi connectivity index (χ1) is 9.00. The summed E-state index contributed by atoms with van der Waals surface area (Å²) in [6.07, 6.45) is 1.38. The number of hydrogen-bond acceptors (Lipinski definition) is 4. The van der Waals surface area contributed by atoms with Crippen LogP contribution in [0.5, 0.6) is 0 Å². The van der Waals surface area contributed by atoms with Crippen molar-refractivity contribution < 1.29 is 14.4 Å². The van der Waals surface area contributed by atoms with Crippen molar-refractivity contribution in [1.29, 1.82) is 0 Å². The lowest BCUT2D eigenvalue weighted by Crippen LogP contribution is -2.30. The maximum Gasteiger partial charge on any atom is 0.261 e. The Morgan fingerprint density at radius 2 is 1.79 bits per heavy atom. The lowest BCUT2D eigenvalue weighted by molar-refractivity contribution is -0.118. The largest absolute Gasteiger partial charge is 0.399 e. The van der Waals surface area contributed by atoms with Crippen LogP contribution >= 0.6 is 0 Å². The molecule has 1 aliphatic rings. The van der Waals surface area contributed by atoms with Gasteiger partial charge in [-0.15, -0.1) is 0 Å². The van der Waals surface area contributed by atoms with E-state index in [1.807, 2.05) is 0 Å². The molecule has 0 atom stereocenters. The van der Waals surface area contributed by atoms with E-state index in [1.165, 1.54) is 11.0 Å². The number of amides is 3. The topological polar surface area (TPSA) is 106 Å². The van der Waals surface area contributed by atoms with Crippen LogP contribution in [0.4, 0.5) is 5.69 Å². The van der Waals surface area contributed by atoms with Crippen LogP contribution in [0.25, 0.3) is 0 Å². The molecule has 0 saturated heterocycles. The fourth-order valence-electron chi connectivity index (χ4n) is 2.08. The molecular weight excluding hydrogens is 246 g/mol.